The van der Waals surface area contributed by atoms with Crippen LogP contribution in [-0.4, -0.2) is 13.1 Å². The standard InChI is InChI=1S/C3H6NO2.U/c1-6-3(5)2-4;/h2H,4H2,1H3;/q-1;. The Hall–Kier alpha value is 0.352. The summed E-state index contributed by atoms with van der Waals surface area (Å²) in [4.78, 5) is 9.78. The molecule has 0 amide bonds. The molecule has 0 bridgehead atoms. The zero-order valence-corrected chi connectivity index (χ0v) is 8.13. The smallest absolute Gasteiger partial charge is 0.179 e. The van der Waals surface area contributed by atoms with Crippen molar-refractivity contribution in [3.63, 3.8) is 0 Å². The van der Waals surface area contributed by atoms with E-state index in [0.29, 0.717) is 0 Å². The van der Waals surface area contributed by atoms with Crippen LogP contribution in [0.5, 0.6) is 0 Å². The molecule has 0 aliphatic rings. The number of carbonyl (C=O) groups is 1. The molecule has 0 saturated heterocycles. The maximum absolute atomic E-state index is 9.78. The normalized spacial score (nSPS) is 6.00. The van der Waals surface area contributed by atoms with Crippen molar-refractivity contribution in [2.24, 2.45) is 5.73 Å². The van der Waals surface area contributed by atoms with E-state index in [1.165, 1.54) is 7.11 Å². The second kappa shape index (κ2) is 6.35. The van der Waals surface area contributed by atoms with Crippen molar-refractivity contribution in [2.45, 2.75) is 0 Å². The molecule has 2 N–H and O–H groups in total. The Morgan fingerprint density at radius 2 is 2.29 bits per heavy atom. The van der Waals surface area contributed by atoms with Gasteiger partial charge in [-0.3, -0.25) is 4.79 Å². The van der Waals surface area contributed by atoms with E-state index >= 15 is 0 Å². The molecule has 0 heterocycles. The predicted octanol–water partition coefficient (Wildman–Crippen LogP) is -0.720. The van der Waals surface area contributed by atoms with E-state index in [2.05, 4.69) is 10.5 Å². The summed E-state index contributed by atoms with van der Waals surface area (Å²) in [6, 6.07) is 0. The van der Waals surface area contributed by atoms with Gasteiger partial charge >= 0.3 is 0 Å². The Bertz CT molecular complexity index is 50.9. The molecule has 0 aromatic heterocycles. The molecule has 0 aromatic rings. The van der Waals surface area contributed by atoms with Crippen molar-refractivity contribution in [1.29, 1.82) is 0 Å². The molecule has 0 aliphatic heterocycles. The van der Waals surface area contributed by atoms with Crippen LogP contribution < -0.4 is 5.73 Å². The summed E-state index contributed by atoms with van der Waals surface area (Å²) in [7, 11) is 1.27. The van der Waals surface area contributed by atoms with Crippen LogP contribution in [0, 0.1) is 37.7 Å². The number of nitrogens with two attached hydrogens (primary N) is 1. The minimum atomic E-state index is -0.505. The summed E-state index contributed by atoms with van der Waals surface area (Å²) in [5, 5.41) is 0. The van der Waals surface area contributed by atoms with Crippen LogP contribution in [0.3, 0.4) is 0 Å². The van der Waals surface area contributed by atoms with E-state index in [-0.39, 0.29) is 31.1 Å². The van der Waals surface area contributed by atoms with Crippen molar-refractivity contribution in [3.8, 4) is 0 Å². The van der Waals surface area contributed by atoms with Crippen molar-refractivity contribution in [2.75, 3.05) is 7.11 Å². The van der Waals surface area contributed by atoms with Crippen LogP contribution in [-0.2, 0) is 9.53 Å². The molecule has 0 rings (SSSR count). The molecular weight excluding hydrogens is 320 g/mol. The first-order valence-electron chi connectivity index (χ1n) is 1.44. The van der Waals surface area contributed by atoms with E-state index < -0.39 is 5.97 Å². The van der Waals surface area contributed by atoms with Gasteiger partial charge in [0.25, 0.3) is 0 Å². The van der Waals surface area contributed by atoms with Crippen molar-refractivity contribution in [1.82, 2.24) is 0 Å². The maximum Gasteiger partial charge on any atom is 0.179 e. The van der Waals surface area contributed by atoms with Gasteiger partial charge < -0.3 is 10.5 Å². The molecule has 0 aliphatic carbocycles. The van der Waals surface area contributed by atoms with Gasteiger partial charge in [-0.25, -0.2) is 6.54 Å². The first-order valence-corrected chi connectivity index (χ1v) is 1.44. The maximum atomic E-state index is 9.78. The average molecular weight is 326 g/mol. The summed E-state index contributed by atoms with van der Waals surface area (Å²) in [5.41, 5.74) is 4.68. The molecule has 4 heteroatoms. The third kappa shape index (κ3) is 6.35. The Morgan fingerprint density at radius 3 is 2.29 bits per heavy atom. The van der Waals surface area contributed by atoms with E-state index in [1.807, 2.05) is 0 Å². The monoisotopic (exact) mass is 326 g/mol. The molecule has 0 fully saturated rings. The Balaban J connectivity index is 0. The van der Waals surface area contributed by atoms with Crippen LogP contribution in [0.4, 0.5) is 0 Å². The molecular formula is C3H6NO2U-. The van der Waals surface area contributed by atoms with Gasteiger partial charge in [-0.2, -0.15) is 0 Å². The van der Waals surface area contributed by atoms with Crippen molar-refractivity contribution >= 4 is 5.97 Å². The fourth-order valence-electron chi connectivity index (χ4n) is 0.0680. The SMILES string of the molecule is COC(=O)[CH-]N.[U]. The number of hydrogen-bond donors (Lipinski definition) is 1. The molecule has 0 spiro atoms. The Labute approximate surface area is 66.0 Å². The molecule has 3 nitrogen and oxygen atoms in total. The van der Waals surface area contributed by atoms with Crippen molar-refractivity contribution < 1.29 is 40.6 Å². The topological polar surface area (TPSA) is 52.3 Å². The number of hydrogen-bond acceptors (Lipinski definition) is 3. The quantitative estimate of drug-likeness (QED) is 0.511. The van der Waals surface area contributed by atoms with Crippen LogP contribution in [0.1, 0.15) is 0 Å². The number of rotatable bonds is 1. The minimum absolute atomic E-state index is 0. The zero-order chi connectivity index (χ0) is 4.99. The first-order chi connectivity index (χ1) is 2.81. The van der Waals surface area contributed by atoms with E-state index in [1.54, 1.807) is 0 Å². The number of methoxy groups -OCH3 is 1. The molecule has 0 radical (unpaired) electrons. The molecule has 0 saturated carbocycles. The molecule has 0 aromatic carbocycles. The summed E-state index contributed by atoms with van der Waals surface area (Å²) >= 11 is 0. The summed E-state index contributed by atoms with van der Waals surface area (Å²) in [6.07, 6.45) is 0. The van der Waals surface area contributed by atoms with Crippen LogP contribution in [0.2, 0.25) is 0 Å². The van der Waals surface area contributed by atoms with Crippen molar-refractivity contribution in [3.05, 3.63) is 6.54 Å². The third-order valence-electron chi connectivity index (χ3n) is 0.337. The minimum Gasteiger partial charge on any atom is -0.490 e. The fourth-order valence-corrected chi connectivity index (χ4v) is 0.0680. The van der Waals surface area contributed by atoms with Gasteiger partial charge in [-0.05, 0) is 0 Å². The molecule has 0 unspecified atom stereocenters. The number of carbonyl (C=O) groups excluding carboxylic acids is 1. The van der Waals surface area contributed by atoms with Gasteiger partial charge in [-0.15, -0.1) is 0 Å². The summed E-state index contributed by atoms with van der Waals surface area (Å²) in [5.74, 6) is -0.505. The van der Waals surface area contributed by atoms with Gasteiger partial charge in [0.15, 0.2) is 5.97 Å². The molecule has 0 atom stereocenters. The van der Waals surface area contributed by atoms with Gasteiger partial charge in [0.1, 0.15) is 0 Å². The number of esters is 1. The summed E-state index contributed by atoms with van der Waals surface area (Å²) < 4.78 is 4.08. The van der Waals surface area contributed by atoms with Crippen LogP contribution >= 0.6 is 0 Å². The van der Waals surface area contributed by atoms with E-state index in [9.17, 15) is 4.79 Å². The Morgan fingerprint density at radius 1 is 1.86 bits per heavy atom. The van der Waals surface area contributed by atoms with Gasteiger partial charge in [-0.1, -0.05) is 0 Å². The van der Waals surface area contributed by atoms with E-state index in [4.69, 9.17) is 0 Å². The second-order valence-corrected chi connectivity index (χ2v) is 0.690. The number of ether oxygens (including phenoxy) is 1. The zero-order valence-electron chi connectivity index (χ0n) is 3.97. The summed E-state index contributed by atoms with van der Waals surface area (Å²) in [6.45, 7) is 0.861. The second-order valence-electron chi connectivity index (χ2n) is 0.690. The van der Waals surface area contributed by atoms with Crippen LogP contribution in [0.15, 0.2) is 0 Å². The predicted molar refractivity (Wildman–Crippen MR) is 20.5 cm³/mol. The Kier molecular flexibility index (Phi) is 9.40. The fraction of sp³-hybridized carbons (Fsp3) is 0.333. The molecule has 40 valence electrons. The first kappa shape index (κ1) is 10.4. The van der Waals surface area contributed by atoms with Crippen LogP contribution in [0.25, 0.3) is 0 Å². The average Bonchev–Trinajstić information content (AvgIpc) is 1.65. The van der Waals surface area contributed by atoms with Gasteiger partial charge in [0.05, 0.1) is 7.11 Å². The van der Waals surface area contributed by atoms with E-state index in [0.717, 1.165) is 6.54 Å². The molecule has 7 heavy (non-hydrogen) atoms. The van der Waals surface area contributed by atoms with Gasteiger partial charge in [0, 0.05) is 31.1 Å². The largest absolute Gasteiger partial charge is 0.490 e. The third-order valence-corrected chi connectivity index (χ3v) is 0.337. The van der Waals surface area contributed by atoms with Gasteiger partial charge in [0.2, 0.25) is 0 Å².